The Kier molecular flexibility index (Phi) is 8.54. The molecule has 11 heteroatoms. The van der Waals surface area contributed by atoms with Crippen molar-refractivity contribution in [1.29, 1.82) is 0 Å². The molecular weight excluding hydrogens is 522 g/mol. The van der Waals surface area contributed by atoms with Crippen molar-refractivity contribution in [2.75, 3.05) is 18.5 Å². The molecule has 0 aliphatic carbocycles. The first-order chi connectivity index (χ1) is 18.6. The molecule has 1 saturated heterocycles. The lowest BCUT2D eigenvalue weighted by Gasteiger charge is -2.35. The summed E-state index contributed by atoms with van der Waals surface area (Å²) in [5.41, 5.74) is 0.934. The number of anilines is 1. The van der Waals surface area contributed by atoms with Crippen LogP contribution in [-0.2, 0) is 9.47 Å². The van der Waals surface area contributed by atoms with Crippen LogP contribution in [0.25, 0.3) is 11.3 Å². The second-order valence-electron chi connectivity index (χ2n) is 10.1. The van der Waals surface area contributed by atoms with Gasteiger partial charge in [-0.05, 0) is 71.2 Å². The van der Waals surface area contributed by atoms with Gasteiger partial charge >= 0.3 is 12.1 Å². The maximum absolute atomic E-state index is 13.0. The van der Waals surface area contributed by atoms with E-state index in [9.17, 15) is 14.4 Å². The van der Waals surface area contributed by atoms with Crippen LogP contribution in [0.5, 0.6) is 0 Å². The molecule has 4 rings (SSSR count). The van der Waals surface area contributed by atoms with Crippen molar-refractivity contribution in [3.05, 3.63) is 64.7 Å². The number of pyridine rings is 1. The topological polar surface area (TPSA) is 127 Å². The molecule has 2 N–H and O–H groups in total. The van der Waals surface area contributed by atoms with Crippen LogP contribution < -0.4 is 5.32 Å². The van der Waals surface area contributed by atoms with Crippen LogP contribution in [0.1, 0.15) is 79.7 Å². The molecule has 1 aliphatic rings. The summed E-state index contributed by atoms with van der Waals surface area (Å²) in [6, 6.07) is 9.55. The lowest BCUT2D eigenvalue weighted by molar-refractivity contribution is 0.00853. The Morgan fingerprint density at radius 1 is 1.13 bits per heavy atom. The first kappa shape index (κ1) is 28.1. The molecule has 206 valence electrons. The highest BCUT2D eigenvalue weighted by molar-refractivity contribution is 6.30. The highest BCUT2D eigenvalue weighted by Gasteiger charge is 2.34. The maximum Gasteiger partial charge on any atom is 0.410 e. The van der Waals surface area contributed by atoms with E-state index in [2.05, 4.69) is 15.3 Å². The van der Waals surface area contributed by atoms with Crippen molar-refractivity contribution in [2.24, 2.45) is 0 Å². The molecule has 1 aliphatic heterocycles. The van der Waals surface area contributed by atoms with Crippen molar-refractivity contribution in [3.8, 4) is 11.3 Å². The second kappa shape index (κ2) is 11.9. The van der Waals surface area contributed by atoms with E-state index in [4.69, 9.17) is 26.1 Å². The standard InChI is InChI=1S/C28H32ClN5O5/c1-5-38-26(36)23-22(17-9-11-18(12-10-17)25(35)31-21-14-13-19(29)16-30-21)32-24(33-23)20-8-6-7-15-34(20)27(37)39-28(2,3)4/h9-14,16,20H,5-8,15H2,1-4H3,(H,32,33)(H,30,31,35). The molecule has 0 spiro atoms. The molecule has 0 radical (unpaired) electrons. The zero-order valence-electron chi connectivity index (χ0n) is 22.4. The van der Waals surface area contributed by atoms with Crippen LogP contribution in [0.15, 0.2) is 42.6 Å². The quantitative estimate of drug-likeness (QED) is 0.357. The number of ether oxygens (including phenoxy) is 2. The van der Waals surface area contributed by atoms with Crippen LogP contribution in [0.2, 0.25) is 5.02 Å². The predicted molar refractivity (Wildman–Crippen MR) is 147 cm³/mol. The fourth-order valence-electron chi connectivity index (χ4n) is 4.28. The van der Waals surface area contributed by atoms with Crippen LogP contribution in [0.4, 0.5) is 10.6 Å². The number of benzene rings is 1. The van der Waals surface area contributed by atoms with Crippen LogP contribution in [0.3, 0.4) is 0 Å². The molecule has 3 heterocycles. The fraction of sp³-hybridized carbons (Fsp3) is 0.393. The summed E-state index contributed by atoms with van der Waals surface area (Å²) in [5.74, 6) is -0.0484. The Labute approximate surface area is 232 Å². The van der Waals surface area contributed by atoms with Gasteiger partial charge in [-0.25, -0.2) is 19.6 Å². The number of rotatable bonds is 6. The first-order valence-electron chi connectivity index (χ1n) is 12.9. The number of likely N-dealkylation sites (tertiary alicyclic amines) is 1. The minimum Gasteiger partial charge on any atom is -0.461 e. The molecule has 0 saturated carbocycles. The highest BCUT2D eigenvalue weighted by Crippen LogP contribution is 2.33. The van der Waals surface area contributed by atoms with E-state index in [1.165, 1.54) is 6.20 Å². The third-order valence-corrected chi connectivity index (χ3v) is 6.26. The van der Waals surface area contributed by atoms with Gasteiger partial charge in [0.1, 0.15) is 22.9 Å². The van der Waals surface area contributed by atoms with E-state index >= 15 is 0 Å². The van der Waals surface area contributed by atoms with Crippen LogP contribution in [-0.4, -0.2) is 56.6 Å². The largest absolute Gasteiger partial charge is 0.461 e. The van der Waals surface area contributed by atoms with Crippen molar-refractivity contribution >= 4 is 35.4 Å². The number of halogens is 1. The van der Waals surface area contributed by atoms with E-state index in [0.29, 0.717) is 46.5 Å². The number of nitrogens with one attached hydrogen (secondary N) is 2. The van der Waals surface area contributed by atoms with Gasteiger partial charge in [0.2, 0.25) is 0 Å². The Bertz CT molecular complexity index is 1330. The fourth-order valence-corrected chi connectivity index (χ4v) is 4.39. The summed E-state index contributed by atoms with van der Waals surface area (Å²) in [7, 11) is 0. The molecule has 1 atom stereocenters. The maximum atomic E-state index is 13.0. The lowest BCUT2D eigenvalue weighted by Crippen LogP contribution is -2.42. The summed E-state index contributed by atoms with van der Waals surface area (Å²) < 4.78 is 10.9. The average molecular weight is 554 g/mol. The number of carbonyl (C=O) groups excluding carboxylic acids is 3. The van der Waals surface area contributed by atoms with E-state index in [1.807, 2.05) is 20.8 Å². The number of piperidine rings is 1. The van der Waals surface area contributed by atoms with Crippen molar-refractivity contribution in [2.45, 2.75) is 58.6 Å². The minimum absolute atomic E-state index is 0.184. The third-order valence-electron chi connectivity index (χ3n) is 6.04. The molecular formula is C28H32ClN5O5. The number of H-pyrrole nitrogens is 1. The number of esters is 1. The predicted octanol–water partition coefficient (Wildman–Crippen LogP) is 6.02. The van der Waals surface area contributed by atoms with Gasteiger partial charge in [0, 0.05) is 23.9 Å². The van der Waals surface area contributed by atoms with E-state index in [-0.39, 0.29) is 24.2 Å². The number of aromatic amines is 1. The minimum atomic E-state index is -0.638. The smallest absolute Gasteiger partial charge is 0.410 e. The van der Waals surface area contributed by atoms with Gasteiger partial charge in [-0.2, -0.15) is 0 Å². The van der Waals surface area contributed by atoms with E-state index in [1.54, 1.807) is 48.2 Å². The summed E-state index contributed by atoms with van der Waals surface area (Å²) in [5, 5.41) is 3.18. The molecule has 1 aromatic carbocycles. The summed E-state index contributed by atoms with van der Waals surface area (Å²) >= 11 is 5.85. The van der Waals surface area contributed by atoms with Crippen LogP contribution in [0, 0.1) is 0 Å². The van der Waals surface area contributed by atoms with Gasteiger partial charge in [0.15, 0.2) is 5.69 Å². The molecule has 1 unspecified atom stereocenters. The SMILES string of the molecule is CCOC(=O)c1[nH]c(C2CCCCN2C(=O)OC(C)(C)C)nc1-c1ccc(C(=O)Nc2ccc(Cl)cn2)cc1. The normalized spacial score (nSPS) is 15.5. The summed E-state index contributed by atoms with van der Waals surface area (Å²) in [4.78, 5) is 52.1. The number of carbonyl (C=O) groups is 3. The Morgan fingerprint density at radius 2 is 1.87 bits per heavy atom. The van der Waals surface area contributed by atoms with Gasteiger partial charge < -0.3 is 19.8 Å². The van der Waals surface area contributed by atoms with Crippen molar-refractivity contribution in [1.82, 2.24) is 19.9 Å². The number of aromatic nitrogens is 3. The molecule has 10 nitrogen and oxygen atoms in total. The molecule has 39 heavy (non-hydrogen) atoms. The number of amides is 2. The highest BCUT2D eigenvalue weighted by atomic mass is 35.5. The number of imidazole rings is 1. The Morgan fingerprint density at radius 3 is 2.51 bits per heavy atom. The van der Waals surface area contributed by atoms with Crippen molar-refractivity contribution < 1.29 is 23.9 Å². The molecule has 2 aromatic heterocycles. The van der Waals surface area contributed by atoms with Gasteiger partial charge in [-0.3, -0.25) is 9.69 Å². The van der Waals surface area contributed by atoms with Crippen LogP contribution >= 0.6 is 11.6 Å². The number of hydrogen-bond donors (Lipinski definition) is 2. The molecule has 2 amide bonds. The lowest BCUT2D eigenvalue weighted by atomic mass is 10.0. The Hall–Kier alpha value is -3.92. The van der Waals surface area contributed by atoms with Gasteiger partial charge in [-0.15, -0.1) is 0 Å². The zero-order chi connectivity index (χ0) is 28.2. The summed E-state index contributed by atoms with van der Waals surface area (Å²) in [6.07, 6.45) is 3.45. The average Bonchev–Trinajstić information content (AvgIpc) is 3.35. The second-order valence-corrected chi connectivity index (χ2v) is 10.6. The number of nitrogens with zero attached hydrogens (tertiary/aromatic N) is 3. The third kappa shape index (κ3) is 6.94. The molecule has 1 fully saturated rings. The van der Waals surface area contributed by atoms with Crippen molar-refractivity contribution in [3.63, 3.8) is 0 Å². The molecule has 3 aromatic rings. The van der Waals surface area contributed by atoms with Gasteiger partial charge in [0.25, 0.3) is 5.91 Å². The van der Waals surface area contributed by atoms with Gasteiger partial charge in [-0.1, -0.05) is 23.7 Å². The van der Waals surface area contributed by atoms with Gasteiger partial charge in [0.05, 0.1) is 17.7 Å². The molecule has 0 bridgehead atoms. The van der Waals surface area contributed by atoms with E-state index < -0.39 is 17.7 Å². The first-order valence-corrected chi connectivity index (χ1v) is 13.2. The monoisotopic (exact) mass is 553 g/mol. The Balaban J connectivity index is 1.62. The zero-order valence-corrected chi connectivity index (χ0v) is 23.2. The van der Waals surface area contributed by atoms with E-state index in [0.717, 1.165) is 12.8 Å². The number of hydrogen-bond acceptors (Lipinski definition) is 7. The summed E-state index contributed by atoms with van der Waals surface area (Å²) in [6.45, 7) is 7.91.